The second-order valence-electron chi connectivity index (χ2n) is 4.72. The maximum atomic E-state index is 13.5. The Balaban J connectivity index is 1.93. The molecule has 1 atom stereocenters. The first-order valence-corrected chi connectivity index (χ1v) is 6.82. The summed E-state index contributed by atoms with van der Waals surface area (Å²) in [5, 5.41) is 14.7. The predicted octanol–water partition coefficient (Wildman–Crippen LogP) is 2.83. The maximum absolute atomic E-state index is 13.5. The number of carbonyl (C=O) groups excluding carboxylic acids is 1. The zero-order valence-corrected chi connectivity index (χ0v) is 12.3. The minimum absolute atomic E-state index is 0.340. The van der Waals surface area contributed by atoms with Crippen molar-refractivity contribution in [2.75, 3.05) is 19.0 Å². The van der Waals surface area contributed by atoms with Gasteiger partial charge in [-0.15, -0.1) is 0 Å². The number of anilines is 1. The Kier molecular flexibility index (Phi) is 5.48. The Hall–Kier alpha value is -2.67. The lowest BCUT2D eigenvalue weighted by Crippen LogP contribution is -2.32. The topological polar surface area (TPSA) is 70.6 Å². The van der Waals surface area contributed by atoms with Crippen molar-refractivity contribution >= 4 is 11.7 Å². The maximum Gasteiger partial charge on any atom is 0.319 e. The number of ether oxygens (including phenoxy) is 1. The van der Waals surface area contributed by atoms with Crippen LogP contribution >= 0.6 is 0 Å². The summed E-state index contributed by atoms with van der Waals surface area (Å²) in [7, 11) is 1.50. The SMILES string of the molecule is COc1cccc(NC(=O)NCC(O)c2c(F)cccc2F)c1. The lowest BCUT2D eigenvalue weighted by Gasteiger charge is -2.14. The molecule has 0 fully saturated rings. The van der Waals surface area contributed by atoms with Crippen molar-refractivity contribution in [3.05, 3.63) is 59.7 Å². The Labute approximate surface area is 131 Å². The van der Waals surface area contributed by atoms with Crippen LogP contribution in [0.15, 0.2) is 42.5 Å². The van der Waals surface area contributed by atoms with E-state index in [0.717, 1.165) is 12.1 Å². The summed E-state index contributed by atoms with van der Waals surface area (Å²) in [5.41, 5.74) is 0.00240. The van der Waals surface area contributed by atoms with E-state index >= 15 is 0 Å². The van der Waals surface area contributed by atoms with Crippen molar-refractivity contribution in [1.29, 1.82) is 0 Å². The Bertz CT molecular complexity index is 675. The van der Waals surface area contributed by atoms with Gasteiger partial charge in [-0.25, -0.2) is 13.6 Å². The lowest BCUT2D eigenvalue weighted by molar-refractivity contribution is 0.166. The molecule has 1 unspecified atom stereocenters. The summed E-state index contributed by atoms with van der Waals surface area (Å²) in [6.07, 6.45) is -1.49. The van der Waals surface area contributed by atoms with E-state index in [1.165, 1.54) is 13.2 Å². The van der Waals surface area contributed by atoms with E-state index in [2.05, 4.69) is 10.6 Å². The molecule has 0 bridgehead atoms. The number of methoxy groups -OCH3 is 1. The Morgan fingerprint density at radius 1 is 1.22 bits per heavy atom. The minimum Gasteiger partial charge on any atom is -0.497 e. The van der Waals surface area contributed by atoms with Gasteiger partial charge in [0.15, 0.2) is 0 Å². The van der Waals surface area contributed by atoms with E-state index in [4.69, 9.17) is 4.74 Å². The van der Waals surface area contributed by atoms with E-state index in [1.54, 1.807) is 24.3 Å². The smallest absolute Gasteiger partial charge is 0.319 e. The molecule has 122 valence electrons. The fourth-order valence-corrected chi connectivity index (χ4v) is 2.00. The fourth-order valence-electron chi connectivity index (χ4n) is 2.00. The van der Waals surface area contributed by atoms with Crippen molar-refractivity contribution in [3.63, 3.8) is 0 Å². The molecule has 0 saturated carbocycles. The molecule has 2 amide bonds. The number of nitrogens with one attached hydrogen (secondary N) is 2. The largest absolute Gasteiger partial charge is 0.497 e. The number of amides is 2. The van der Waals surface area contributed by atoms with Crippen molar-refractivity contribution in [3.8, 4) is 5.75 Å². The summed E-state index contributed by atoms with van der Waals surface area (Å²) >= 11 is 0. The third-order valence-corrected chi connectivity index (χ3v) is 3.12. The molecule has 0 spiro atoms. The number of benzene rings is 2. The number of carbonyl (C=O) groups is 1. The molecular weight excluding hydrogens is 306 g/mol. The molecule has 5 nitrogen and oxygen atoms in total. The van der Waals surface area contributed by atoms with Crippen molar-refractivity contribution < 1.29 is 23.4 Å². The van der Waals surface area contributed by atoms with E-state index in [1.807, 2.05) is 0 Å². The molecule has 2 rings (SSSR count). The monoisotopic (exact) mass is 322 g/mol. The van der Waals surface area contributed by atoms with E-state index in [9.17, 15) is 18.7 Å². The average molecular weight is 322 g/mol. The van der Waals surface area contributed by atoms with Gasteiger partial charge in [-0.05, 0) is 24.3 Å². The van der Waals surface area contributed by atoms with Crippen molar-refractivity contribution in [2.24, 2.45) is 0 Å². The van der Waals surface area contributed by atoms with Gasteiger partial charge in [-0.3, -0.25) is 0 Å². The van der Waals surface area contributed by atoms with Gasteiger partial charge in [0.2, 0.25) is 0 Å². The van der Waals surface area contributed by atoms with Gasteiger partial charge >= 0.3 is 6.03 Å². The van der Waals surface area contributed by atoms with Crippen LogP contribution in [0.25, 0.3) is 0 Å². The lowest BCUT2D eigenvalue weighted by atomic mass is 10.1. The average Bonchev–Trinajstić information content (AvgIpc) is 2.53. The molecule has 0 radical (unpaired) electrons. The van der Waals surface area contributed by atoms with Crippen LogP contribution in [-0.4, -0.2) is 24.8 Å². The highest BCUT2D eigenvalue weighted by Gasteiger charge is 2.18. The normalized spacial score (nSPS) is 11.7. The molecule has 0 aromatic heterocycles. The van der Waals surface area contributed by atoms with Crippen LogP contribution in [0.4, 0.5) is 19.3 Å². The fraction of sp³-hybridized carbons (Fsp3) is 0.188. The standard InChI is InChI=1S/C16H16F2N2O3/c1-23-11-5-2-4-10(8-11)20-16(22)19-9-14(21)15-12(17)6-3-7-13(15)18/h2-8,14,21H,9H2,1H3,(H2,19,20,22). The third kappa shape index (κ3) is 4.40. The number of halogens is 2. The molecule has 0 saturated heterocycles. The zero-order valence-electron chi connectivity index (χ0n) is 12.3. The van der Waals surface area contributed by atoms with Gasteiger partial charge in [0.1, 0.15) is 23.5 Å². The summed E-state index contributed by atoms with van der Waals surface area (Å²) in [4.78, 5) is 11.8. The number of urea groups is 1. The second-order valence-corrected chi connectivity index (χ2v) is 4.72. The summed E-state index contributed by atoms with van der Waals surface area (Å²) in [6, 6.07) is 9.32. The number of aliphatic hydroxyl groups is 1. The highest BCUT2D eigenvalue weighted by Crippen LogP contribution is 2.20. The third-order valence-electron chi connectivity index (χ3n) is 3.12. The van der Waals surface area contributed by atoms with Crippen LogP contribution in [0.1, 0.15) is 11.7 Å². The second kappa shape index (κ2) is 7.55. The molecule has 0 aliphatic heterocycles. The van der Waals surface area contributed by atoms with Crippen molar-refractivity contribution in [2.45, 2.75) is 6.10 Å². The molecule has 0 aliphatic rings. The van der Waals surface area contributed by atoms with Gasteiger partial charge < -0.3 is 20.5 Å². The zero-order chi connectivity index (χ0) is 16.8. The molecule has 0 heterocycles. The van der Waals surface area contributed by atoms with Crippen LogP contribution in [0, 0.1) is 11.6 Å². The number of hydrogen-bond donors (Lipinski definition) is 3. The highest BCUT2D eigenvalue weighted by atomic mass is 19.1. The van der Waals surface area contributed by atoms with Crippen LogP contribution in [0.5, 0.6) is 5.75 Å². The highest BCUT2D eigenvalue weighted by molar-refractivity contribution is 5.89. The van der Waals surface area contributed by atoms with Crippen LogP contribution < -0.4 is 15.4 Å². The van der Waals surface area contributed by atoms with Crippen LogP contribution in [-0.2, 0) is 0 Å². The van der Waals surface area contributed by atoms with E-state index in [0.29, 0.717) is 11.4 Å². The van der Waals surface area contributed by atoms with Crippen molar-refractivity contribution in [1.82, 2.24) is 5.32 Å². The number of hydrogen-bond acceptors (Lipinski definition) is 3. The Morgan fingerprint density at radius 3 is 2.52 bits per heavy atom. The summed E-state index contributed by atoms with van der Waals surface area (Å²) in [6.45, 7) is -0.340. The minimum atomic E-state index is -1.49. The van der Waals surface area contributed by atoms with Gasteiger partial charge in [-0.1, -0.05) is 12.1 Å². The number of rotatable bonds is 5. The predicted molar refractivity (Wildman–Crippen MR) is 81.3 cm³/mol. The van der Waals surface area contributed by atoms with E-state index in [-0.39, 0.29) is 6.54 Å². The van der Waals surface area contributed by atoms with Gasteiger partial charge in [0, 0.05) is 18.3 Å². The first kappa shape index (κ1) is 16.7. The number of aliphatic hydroxyl groups excluding tert-OH is 1. The van der Waals surface area contributed by atoms with E-state index < -0.39 is 29.3 Å². The first-order valence-electron chi connectivity index (χ1n) is 6.82. The Morgan fingerprint density at radius 2 is 1.87 bits per heavy atom. The molecular formula is C16H16F2N2O3. The van der Waals surface area contributed by atoms with Crippen LogP contribution in [0.3, 0.4) is 0 Å². The quantitative estimate of drug-likeness (QED) is 0.793. The summed E-state index contributed by atoms with van der Waals surface area (Å²) in [5.74, 6) is -1.17. The molecule has 3 N–H and O–H groups in total. The van der Waals surface area contributed by atoms with Gasteiger partial charge in [0.05, 0.1) is 12.7 Å². The molecule has 23 heavy (non-hydrogen) atoms. The van der Waals surface area contributed by atoms with Crippen LogP contribution in [0.2, 0.25) is 0 Å². The summed E-state index contributed by atoms with van der Waals surface area (Å²) < 4.78 is 32.1. The molecule has 2 aromatic carbocycles. The molecule has 0 aliphatic carbocycles. The van der Waals surface area contributed by atoms with Gasteiger partial charge in [0.25, 0.3) is 0 Å². The molecule has 2 aromatic rings. The van der Waals surface area contributed by atoms with Gasteiger partial charge in [-0.2, -0.15) is 0 Å². The molecule has 7 heteroatoms. The first-order chi connectivity index (χ1) is 11.0.